The molecule has 0 unspecified atom stereocenters. The molecule has 0 spiro atoms. The minimum absolute atomic E-state index is 0.687. The first kappa shape index (κ1) is 17.8. The highest BCUT2D eigenvalue weighted by Crippen LogP contribution is 2.11. The Labute approximate surface area is 143 Å². The first-order valence-corrected chi connectivity index (χ1v) is 8.39. The smallest absolute Gasteiger partial charge is 0.190 e. The molecule has 6 nitrogen and oxygen atoms in total. The molecule has 130 valence electrons. The van der Waals surface area contributed by atoms with Crippen LogP contribution < -0.4 is 15.4 Å². The SMILES string of the molecule is CN=C(NCCCOc1ccc(C)cc1)NCCCn1cccn1. The van der Waals surface area contributed by atoms with Crippen molar-refractivity contribution in [2.45, 2.75) is 26.3 Å². The largest absolute Gasteiger partial charge is 0.494 e. The Kier molecular flexibility index (Phi) is 7.67. The van der Waals surface area contributed by atoms with Gasteiger partial charge in [0, 0.05) is 39.1 Å². The van der Waals surface area contributed by atoms with Crippen LogP contribution in [0.1, 0.15) is 18.4 Å². The fourth-order valence-electron chi connectivity index (χ4n) is 2.20. The van der Waals surface area contributed by atoms with Crippen LogP contribution in [0.25, 0.3) is 0 Å². The molecule has 1 aromatic carbocycles. The molecule has 1 aromatic heterocycles. The van der Waals surface area contributed by atoms with Crippen LogP contribution in [0.5, 0.6) is 5.75 Å². The molecule has 6 heteroatoms. The molecule has 24 heavy (non-hydrogen) atoms. The molecule has 2 N–H and O–H groups in total. The average molecular weight is 329 g/mol. The van der Waals surface area contributed by atoms with Crippen molar-refractivity contribution in [3.63, 3.8) is 0 Å². The van der Waals surface area contributed by atoms with Crippen molar-refractivity contribution >= 4 is 5.96 Å². The van der Waals surface area contributed by atoms with Crippen LogP contribution in [-0.4, -0.2) is 42.5 Å². The van der Waals surface area contributed by atoms with Gasteiger partial charge in [-0.15, -0.1) is 0 Å². The maximum atomic E-state index is 5.71. The van der Waals surface area contributed by atoms with Crippen molar-refractivity contribution in [3.05, 3.63) is 48.3 Å². The first-order valence-electron chi connectivity index (χ1n) is 8.39. The van der Waals surface area contributed by atoms with E-state index in [1.807, 2.05) is 29.1 Å². The van der Waals surface area contributed by atoms with Crippen LogP contribution in [0, 0.1) is 6.92 Å². The third-order valence-electron chi connectivity index (χ3n) is 3.54. The Balaban J connectivity index is 1.52. The van der Waals surface area contributed by atoms with Crippen LogP contribution in [-0.2, 0) is 6.54 Å². The van der Waals surface area contributed by atoms with Gasteiger partial charge < -0.3 is 15.4 Å². The molecule has 0 radical (unpaired) electrons. The third-order valence-corrected chi connectivity index (χ3v) is 3.54. The lowest BCUT2D eigenvalue weighted by Crippen LogP contribution is -2.38. The zero-order valence-corrected chi connectivity index (χ0v) is 14.5. The summed E-state index contributed by atoms with van der Waals surface area (Å²) >= 11 is 0. The summed E-state index contributed by atoms with van der Waals surface area (Å²) in [7, 11) is 1.78. The third kappa shape index (κ3) is 6.73. The number of aryl methyl sites for hydroxylation is 2. The Morgan fingerprint density at radius 1 is 1.17 bits per heavy atom. The summed E-state index contributed by atoms with van der Waals surface area (Å²) in [4.78, 5) is 4.22. The number of aliphatic imine (C=N–C) groups is 1. The summed E-state index contributed by atoms with van der Waals surface area (Å²) in [5, 5.41) is 10.8. The summed E-state index contributed by atoms with van der Waals surface area (Å²) < 4.78 is 7.64. The molecule has 0 aliphatic heterocycles. The molecule has 2 rings (SSSR count). The second-order valence-corrected chi connectivity index (χ2v) is 5.56. The standard InChI is InChI=1S/C18H27N5O/c1-16-6-8-17(9-7-16)24-15-5-11-21-18(19-2)20-10-3-13-23-14-4-12-22-23/h4,6-9,12,14H,3,5,10-11,13,15H2,1-2H3,(H2,19,20,21). The topological polar surface area (TPSA) is 63.5 Å². The molecule has 0 saturated heterocycles. The van der Waals surface area contributed by atoms with E-state index >= 15 is 0 Å². The van der Waals surface area contributed by atoms with E-state index in [0.29, 0.717) is 6.61 Å². The number of nitrogens with one attached hydrogen (secondary N) is 2. The van der Waals surface area contributed by atoms with Gasteiger partial charge in [0.15, 0.2) is 5.96 Å². The monoisotopic (exact) mass is 329 g/mol. The Bertz CT molecular complexity index is 592. The van der Waals surface area contributed by atoms with E-state index in [2.05, 4.69) is 39.8 Å². The maximum Gasteiger partial charge on any atom is 0.190 e. The van der Waals surface area contributed by atoms with Crippen molar-refractivity contribution in [3.8, 4) is 5.75 Å². The Hall–Kier alpha value is -2.50. The predicted molar refractivity (Wildman–Crippen MR) is 97.5 cm³/mol. The van der Waals surface area contributed by atoms with Gasteiger partial charge in [-0.1, -0.05) is 17.7 Å². The number of benzene rings is 1. The Morgan fingerprint density at radius 2 is 1.92 bits per heavy atom. The molecule has 0 aliphatic rings. The molecule has 0 aliphatic carbocycles. The normalized spacial score (nSPS) is 11.3. The van der Waals surface area contributed by atoms with Gasteiger partial charge in [0.05, 0.1) is 6.61 Å². The van der Waals surface area contributed by atoms with E-state index in [0.717, 1.165) is 44.2 Å². The summed E-state index contributed by atoms with van der Waals surface area (Å²) in [5.41, 5.74) is 1.24. The van der Waals surface area contributed by atoms with Gasteiger partial charge in [-0.25, -0.2) is 0 Å². The molecule has 1 heterocycles. The van der Waals surface area contributed by atoms with Crippen molar-refractivity contribution in [1.29, 1.82) is 0 Å². The van der Waals surface area contributed by atoms with E-state index in [1.165, 1.54) is 5.56 Å². The molecule has 0 bridgehead atoms. The number of ether oxygens (including phenoxy) is 1. The number of aromatic nitrogens is 2. The summed E-state index contributed by atoms with van der Waals surface area (Å²) in [6.45, 7) is 5.35. The van der Waals surface area contributed by atoms with E-state index in [1.54, 1.807) is 13.2 Å². The lowest BCUT2D eigenvalue weighted by Gasteiger charge is -2.12. The second-order valence-electron chi connectivity index (χ2n) is 5.56. The van der Waals surface area contributed by atoms with Crippen LogP contribution in [0.15, 0.2) is 47.7 Å². The quantitative estimate of drug-likeness (QED) is 0.421. The summed E-state index contributed by atoms with van der Waals surface area (Å²) in [5.74, 6) is 1.74. The van der Waals surface area contributed by atoms with Crippen molar-refractivity contribution in [2.75, 3.05) is 26.7 Å². The molecule has 0 fully saturated rings. The molecule has 0 saturated carbocycles. The summed E-state index contributed by atoms with van der Waals surface area (Å²) in [6, 6.07) is 10.1. The fraction of sp³-hybridized carbons (Fsp3) is 0.444. The van der Waals surface area contributed by atoms with Crippen molar-refractivity contribution < 1.29 is 4.74 Å². The van der Waals surface area contributed by atoms with Crippen LogP contribution in [0.4, 0.5) is 0 Å². The summed E-state index contributed by atoms with van der Waals surface area (Å²) in [6.07, 6.45) is 5.69. The van der Waals surface area contributed by atoms with Gasteiger partial charge in [0.25, 0.3) is 0 Å². The molecular formula is C18H27N5O. The highest BCUT2D eigenvalue weighted by Gasteiger charge is 1.98. The molecule has 0 amide bonds. The Morgan fingerprint density at radius 3 is 2.58 bits per heavy atom. The van der Waals surface area contributed by atoms with E-state index in [-0.39, 0.29) is 0 Å². The number of guanidine groups is 1. The van der Waals surface area contributed by atoms with Gasteiger partial charge in [-0.2, -0.15) is 5.10 Å². The van der Waals surface area contributed by atoms with Gasteiger partial charge in [0.1, 0.15) is 5.75 Å². The number of hydrogen-bond acceptors (Lipinski definition) is 3. The van der Waals surface area contributed by atoms with E-state index in [4.69, 9.17) is 4.74 Å². The first-order chi connectivity index (χ1) is 11.8. The minimum atomic E-state index is 0.687. The van der Waals surface area contributed by atoms with E-state index < -0.39 is 0 Å². The maximum absolute atomic E-state index is 5.71. The van der Waals surface area contributed by atoms with Gasteiger partial charge >= 0.3 is 0 Å². The lowest BCUT2D eigenvalue weighted by atomic mass is 10.2. The zero-order chi connectivity index (χ0) is 17.0. The van der Waals surface area contributed by atoms with Crippen LogP contribution in [0.2, 0.25) is 0 Å². The van der Waals surface area contributed by atoms with Crippen molar-refractivity contribution in [1.82, 2.24) is 20.4 Å². The highest BCUT2D eigenvalue weighted by molar-refractivity contribution is 5.79. The average Bonchev–Trinajstić information content (AvgIpc) is 3.11. The van der Waals surface area contributed by atoms with Gasteiger partial charge in [-0.3, -0.25) is 9.67 Å². The molecule has 0 atom stereocenters. The fourth-order valence-corrected chi connectivity index (χ4v) is 2.20. The van der Waals surface area contributed by atoms with Gasteiger partial charge in [0.2, 0.25) is 0 Å². The number of rotatable bonds is 9. The molecular weight excluding hydrogens is 302 g/mol. The van der Waals surface area contributed by atoms with Crippen molar-refractivity contribution in [2.24, 2.45) is 4.99 Å². The zero-order valence-electron chi connectivity index (χ0n) is 14.5. The minimum Gasteiger partial charge on any atom is -0.494 e. The predicted octanol–water partition coefficient (Wildman–Crippen LogP) is 2.22. The number of hydrogen-bond donors (Lipinski definition) is 2. The number of nitrogens with zero attached hydrogens (tertiary/aromatic N) is 3. The van der Waals surface area contributed by atoms with Gasteiger partial charge in [-0.05, 0) is 38.0 Å². The lowest BCUT2D eigenvalue weighted by molar-refractivity contribution is 0.311. The van der Waals surface area contributed by atoms with E-state index in [9.17, 15) is 0 Å². The molecule has 2 aromatic rings. The highest BCUT2D eigenvalue weighted by atomic mass is 16.5. The second kappa shape index (κ2) is 10.3. The van der Waals surface area contributed by atoms with Crippen LogP contribution in [0.3, 0.4) is 0 Å². The van der Waals surface area contributed by atoms with Crippen LogP contribution >= 0.6 is 0 Å².